The molecule has 0 aromatic heterocycles. The number of aryl methyl sites for hydroxylation is 1. The molecule has 4 heteroatoms. The molecule has 1 aromatic carbocycles. The molecule has 0 aliphatic heterocycles. The van der Waals surface area contributed by atoms with Crippen molar-refractivity contribution in [1.82, 2.24) is 0 Å². The molecule has 120 valence electrons. The van der Waals surface area contributed by atoms with E-state index in [-0.39, 0.29) is 5.97 Å². The van der Waals surface area contributed by atoms with Crippen molar-refractivity contribution >= 4 is 17.7 Å². The van der Waals surface area contributed by atoms with Gasteiger partial charge in [0.05, 0.1) is 12.2 Å². The van der Waals surface area contributed by atoms with E-state index in [4.69, 9.17) is 4.74 Å². The minimum Gasteiger partial charge on any atom is -0.463 e. The molecule has 0 heterocycles. The Morgan fingerprint density at radius 1 is 1.27 bits per heavy atom. The van der Waals surface area contributed by atoms with Gasteiger partial charge in [0.2, 0.25) is 0 Å². The lowest BCUT2D eigenvalue weighted by atomic mass is 9.84. The van der Waals surface area contributed by atoms with Crippen molar-refractivity contribution in [3.63, 3.8) is 0 Å². The Kier molecular flexibility index (Phi) is 6.09. The van der Waals surface area contributed by atoms with Crippen molar-refractivity contribution in [1.29, 1.82) is 0 Å². The zero-order chi connectivity index (χ0) is 16.0. The van der Waals surface area contributed by atoms with Crippen LogP contribution in [0, 0.1) is 6.92 Å². The Hall–Kier alpha value is -1.26. The fourth-order valence-electron chi connectivity index (χ4n) is 2.67. The maximum Gasteiger partial charge on any atom is 0.331 e. The molecule has 1 saturated carbocycles. The first kappa shape index (κ1) is 17.1. The maximum atomic E-state index is 11.9. The molecule has 1 aliphatic rings. The third kappa shape index (κ3) is 4.62. The number of ether oxygens (including phenoxy) is 1. The van der Waals surface area contributed by atoms with Gasteiger partial charge >= 0.3 is 5.97 Å². The fraction of sp³-hybridized carbons (Fsp3) is 0.500. The van der Waals surface area contributed by atoms with E-state index in [9.17, 15) is 9.90 Å². The summed E-state index contributed by atoms with van der Waals surface area (Å²) in [5, 5.41) is 11.0. The summed E-state index contributed by atoms with van der Waals surface area (Å²) in [6.07, 6.45) is 6.01. The van der Waals surface area contributed by atoms with Gasteiger partial charge < -0.3 is 9.84 Å². The predicted molar refractivity (Wildman–Crippen MR) is 89.8 cm³/mol. The summed E-state index contributed by atoms with van der Waals surface area (Å²) in [6.45, 7) is 4.17. The summed E-state index contributed by atoms with van der Waals surface area (Å²) < 4.78 is 5.03. The van der Waals surface area contributed by atoms with E-state index in [1.54, 1.807) is 6.92 Å². The molecule has 0 radical (unpaired) electrons. The lowest BCUT2D eigenvalue weighted by Crippen LogP contribution is -2.33. The average Bonchev–Trinajstić information content (AvgIpc) is 2.50. The molecule has 0 atom stereocenters. The average molecular weight is 320 g/mol. The highest BCUT2D eigenvalue weighted by molar-refractivity contribution is 8.03. The van der Waals surface area contributed by atoms with Crippen LogP contribution in [0.4, 0.5) is 0 Å². The first-order valence-corrected chi connectivity index (χ1v) is 8.71. The molecule has 0 amide bonds. The first-order valence-electron chi connectivity index (χ1n) is 7.89. The van der Waals surface area contributed by atoms with Crippen LogP contribution in [0.1, 0.15) is 44.6 Å². The summed E-state index contributed by atoms with van der Waals surface area (Å²) in [6, 6.07) is 8.11. The Morgan fingerprint density at radius 3 is 2.50 bits per heavy atom. The van der Waals surface area contributed by atoms with Gasteiger partial charge in [-0.15, -0.1) is 0 Å². The molecule has 0 saturated heterocycles. The second-order valence-electron chi connectivity index (χ2n) is 5.77. The molecule has 22 heavy (non-hydrogen) atoms. The maximum absolute atomic E-state index is 11.9. The van der Waals surface area contributed by atoms with Crippen LogP contribution in [0.3, 0.4) is 0 Å². The number of aliphatic hydroxyl groups is 1. The molecule has 1 N–H and O–H groups in total. The van der Waals surface area contributed by atoms with E-state index >= 15 is 0 Å². The van der Waals surface area contributed by atoms with Crippen LogP contribution in [0.2, 0.25) is 0 Å². The van der Waals surface area contributed by atoms with Gasteiger partial charge in [-0.3, -0.25) is 0 Å². The highest BCUT2D eigenvalue weighted by atomic mass is 32.2. The van der Waals surface area contributed by atoms with Crippen molar-refractivity contribution in [3.05, 3.63) is 40.8 Å². The Labute approximate surface area is 136 Å². The van der Waals surface area contributed by atoms with Gasteiger partial charge in [-0.05, 0) is 38.8 Å². The van der Waals surface area contributed by atoms with Gasteiger partial charge in [0.1, 0.15) is 0 Å². The normalized spacial score (nSPS) is 18.0. The van der Waals surface area contributed by atoms with Crippen molar-refractivity contribution in [2.75, 3.05) is 6.61 Å². The van der Waals surface area contributed by atoms with Crippen molar-refractivity contribution in [3.8, 4) is 0 Å². The SMILES string of the molecule is CCOC(=O)/C=C(\Sc1ccc(C)cc1)C1(O)CCCCC1. The standard InChI is InChI=1S/C18H24O3S/c1-3-21-17(19)13-16(18(20)11-5-4-6-12-18)22-15-9-7-14(2)8-10-15/h7-10,13,20H,3-6,11-12H2,1-2H3/b16-13-. The highest BCUT2D eigenvalue weighted by Gasteiger charge is 2.34. The minimum atomic E-state index is -0.902. The second kappa shape index (κ2) is 7.84. The van der Waals surface area contributed by atoms with Crippen LogP contribution in [0.5, 0.6) is 0 Å². The topological polar surface area (TPSA) is 46.5 Å². The number of rotatable bonds is 5. The lowest BCUT2D eigenvalue weighted by Gasteiger charge is -2.34. The number of thioether (sulfide) groups is 1. The fourth-order valence-corrected chi connectivity index (χ4v) is 3.74. The second-order valence-corrected chi connectivity index (χ2v) is 6.88. The van der Waals surface area contributed by atoms with Gasteiger partial charge in [-0.2, -0.15) is 0 Å². The molecule has 0 bridgehead atoms. The van der Waals surface area contributed by atoms with Crippen molar-refractivity contribution < 1.29 is 14.6 Å². The largest absolute Gasteiger partial charge is 0.463 e. The van der Waals surface area contributed by atoms with Crippen molar-refractivity contribution in [2.24, 2.45) is 0 Å². The van der Waals surface area contributed by atoms with E-state index in [0.717, 1.165) is 24.2 Å². The van der Waals surface area contributed by atoms with E-state index in [1.165, 1.54) is 23.4 Å². The van der Waals surface area contributed by atoms with Crippen LogP contribution in [-0.4, -0.2) is 23.3 Å². The lowest BCUT2D eigenvalue weighted by molar-refractivity contribution is -0.137. The van der Waals surface area contributed by atoms with Gasteiger partial charge in [-0.1, -0.05) is 48.7 Å². The molecule has 2 rings (SSSR count). The van der Waals surface area contributed by atoms with E-state index in [1.807, 2.05) is 31.2 Å². The van der Waals surface area contributed by atoms with E-state index in [2.05, 4.69) is 0 Å². The monoisotopic (exact) mass is 320 g/mol. The third-order valence-corrected chi connectivity index (χ3v) is 5.15. The molecular weight excluding hydrogens is 296 g/mol. The first-order chi connectivity index (χ1) is 10.5. The quantitative estimate of drug-likeness (QED) is 0.501. The van der Waals surface area contributed by atoms with Crippen LogP contribution in [0.15, 0.2) is 40.1 Å². The summed E-state index contributed by atoms with van der Waals surface area (Å²) >= 11 is 1.47. The summed E-state index contributed by atoms with van der Waals surface area (Å²) in [5.74, 6) is -0.379. The molecule has 0 unspecified atom stereocenters. The number of carbonyl (C=O) groups is 1. The molecule has 1 aromatic rings. The summed E-state index contributed by atoms with van der Waals surface area (Å²) in [4.78, 5) is 13.6. The Balaban J connectivity index is 2.24. The van der Waals surface area contributed by atoms with Crippen LogP contribution < -0.4 is 0 Å². The third-order valence-electron chi connectivity index (χ3n) is 3.92. The number of hydrogen-bond acceptors (Lipinski definition) is 4. The Bertz CT molecular complexity index is 528. The number of carbonyl (C=O) groups excluding carboxylic acids is 1. The number of hydrogen-bond donors (Lipinski definition) is 1. The highest BCUT2D eigenvalue weighted by Crippen LogP contribution is 2.42. The molecule has 1 aliphatic carbocycles. The molecule has 1 fully saturated rings. The number of benzene rings is 1. The summed E-state index contributed by atoms with van der Waals surface area (Å²) in [7, 11) is 0. The smallest absolute Gasteiger partial charge is 0.331 e. The zero-order valence-corrected chi connectivity index (χ0v) is 14.1. The molecule has 0 spiro atoms. The van der Waals surface area contributed by atoms with E-state index in [0.29, 0.717) is 24.4 Å². The van der Waals surface area contributed by atoms with Crippen LogP contribution in [-0.2, 0) is 9.53 Å². The van der Waals surface area contributed by atoms with Gasteiger partial charge in [0, 0.05) is 15.9 Å². The van der Waals surface area contributed by atoms with Gasteiger partial charge in [0.15, 0.2) is 0 Å². The minimum absolute atomic E-state index is 0.343. The van der Waals surface area contributed by atoms with Crippen LogP contribution >= 0.6 is 11.8 Å². The molecular formula is C18H24O3S. The zero-order valence-electron chi connectivity index (χ0n) is 13.3. The van der Waals surface area contributed by atoms with Crippen molar-refractivity contribution in [2.45, 2.75) is 56.4 Å². The van der Waals surface area contributed by atoms with Gasteiger partial charge in [0.25, 0.3) is 0 Å². The Morgan fingerprint density at radius 2 is 1.91 bits per heavy atom. The number of esters is 1. The van der Waals surface area contributed by atoms with Crippen LogP contribution in [0.25, 0.3) is 0 Å². The van der Waals surface area contributed by atoms with E-state index < -0.39 is 5.60 Å². The summed E-state index contributed by atoms with van der Waals surface area (Å²) in [5.41, 5.74) is 0.289. The van der Waals surface area contributed by atoms with Gasteiger partial charge in [-0.25, -0.2) is 4.79 Å². The predicted octanol–water partition coefficient (Wildman–Crippen LogP) is 4.23. The molecule has 3 nitrogen and oxygen atoms in total.